The van der Waals surface area contributed by atoms with Crippen LogP contribution >= 0.6 is 0 Å². The Morgan fingerprint density at radius 2 is 2.03 bits per heavy atom. The molecule has 1 amide bonds. The van der Waals surface area contributed by atoms with Gasteiger partial charge in [-0.15, -0.1) is 0 Å². The number of hydrogen-bond acceptors (Lipinski definition) is 9. The first-order chi connectivity index (χ1) is 18.1. The van der Waals surface area contributed by atoms with Crippen LogP contribution in [0.1, 0.15) is 22.4 Å². The fourth-order valence-electron chi connectivity index (χ4n) is 5.27. The van der Waals surface area contributed by atoms with Crippen LogP contribution in [0.15, 0.2) is 24.5 Å². The van der Waals surface area contributed by atoms with E-state index >= 15 is 0 Å². The highest BCUT2D eigenvalue weighted by Crippen LogP contribution is 2.36. The van der Waals surface area contributed by atoms with Gasteiger partial charge in [-0.1, -0.05) is 0 Å². The van der Waals surface area contributed by atoms with Crippen molar-refractivity contribution in [2.45, 2.75) is 32.9 Å². The molecule has 6 heterocycles. The molecule has 0 unspecified atom stereocenters. The number of ether oxygens (including phenoxy) is 2. The molecule has 11 heteroatoms. The van der Waals surface area contributed by atoms with E-state index < -0.39 is 0 Å². The van der Waals surface area contributed by atoms with E-state index in [0.29, 0.717) is 38.0 Å². The lowest BCUT2D eigenvalue weighted by molar-refractivity contribution is -0.132. The number of fused-ring (bicyclic) bond motifs is 3. The first kappa shape index (κ1) is 23.5. The largest absolute Gasteiger partial charge is 0.474 e. The summed E-state index contributed by atoms with van der Waals surface area (Å²) in [4.78, 5) is 26.0. The van der Waals surface area contributed by atoms with E-state index in [0.717, 1.165) is 60.9 Å². The van der Waals surface area contributed by atoms with Crippen LogP contribution in [0.25, 0.3) is 0 Å². The third kappa shape index (κ3) is 4.66. The van der Waals surface area contributed by atoms with Crippen LogP contribution in [-0.4, -0.2) is 77.1 Å². The SMILES string of the molecule is COCCN1CCc2cc(Nc3cc4c(cn3)CCN(c3cnc5c(c3C)NCCO5)C4)nn2CC1=O. The first-order valence-corrected chi connectivity index (χ1v) is 12.8. The van der Waals surface area contributed by atoms with Crippen molar-refractivity contribution < 1.29 is 14.3 Å². The third-order valence-electron chi connectivity index (χ3n) is 7.32. The minimum Gasteiger partial charge on any atom is -0.474 e. The van der Waals surface area contributed by atoms with Gasteiger partial charge in [0, 0.05) is 69.8 Å². The smallest absolute Gasteiger partial charge is 0.244 e. The molecule has 0 saturated heterocycles. The standard InChI is InChI=1S/C26H32N8O3/c1-17-21(14-29-26-25(17)27-5-9-37-26)33-6-3-18-13-28-22(11-19(18)15-33)30-23-12-20-4-7-32(8-10-36-2)24(35)16-34(20)31-23/h11-14,27H,3-10,15-16H2,1-2H3,(H,28,30,31). The normalized spacial score (nSPS) is 16.8. The first-order valence-electron chi connectivity index (χ1n) is 12.8. The number of amides is 1. The summed E-state index contributed by atoms with van der Waals surface area (Å²) in [5, 5.41) is 11.4. The fraction of sp³-hybridized carbons (Fsp3) is 0.462. The summed E-state index contributed by atoms with van der Waals surface area (Å²) in [5.74, 6) is 2.20. The molecule has 3 aromatic heterocycles. The predicted molar refractivity (Wildman–Crippen MR) is 140 cm³/mol. The van der Waals surface area contributed by atoms with Crippen molar-refractivity contribution in [1.29, 1.82) is 0 Å². The molecule has 3 aliphatic heterocycles. The van der Waals surface area contributed by atoms with Gasteiger partial charge in [-0.3, -0.25) is 9.48 Å². The summed E-state index contributed by atoms with van der Waals surface area (Å²) in [6, 6.07) is 4.12. The average molecular weight is 505 g/mol. The van der Waals surface area contributed by atoms with Crippen LogP contribution in [-0.2, 0) is 35.5 Å². The van der Waals surface area contributed by atoms with Crippen LogP contribution in [0, 0.1) is 6.92 Å². The molecule has 0 radical (unpaired) electrons. The van der Waals surface area contributed by atoms with E-state index in [1.54, 1.807) is 11.8 Å². The summed E-state index contributed by atoms with van der Waals surface area (Å²) in [7, 11) is 1.65. The molecule has 2 N–H and O–H groups in total. The quantitative estimate of drug-likeness (QED) is 0.522. The number of carbonyl (C=O) groups is 1. The van der Waals surface area contributed by atoms with Crippen LogP contribution in [0.4, 0.5) is 23.0 Å². The summed E-state index contributed by atoms with van der Waals surface area (Å²) in [6.45, 7) is 7.29. The number of methoxy groups -OCH3 is 1. The summed E-state index contributed by atoms with van der Waals surface area (Å²) >= 11 is 0. The molecule has 11 nitrogen and oxygen atoms in total. The van der Waals surface area contributed by atoms with Gasteiger partial charge >= 0.3 is 0 Å². The lowest BCUT2D eigenvalue weighted by atomic mass is 10.0. The highest BCUT2D eigenvalue weighted by Gasteiger charge is 2.24. The molecule has 0 bridgehead atoms. The van der Waals surface area contributed by atoms with Gasteiger partial charge in [0.05, 0.1) is 18.5 Å². The Balaban J connectivity index is 1.17. The predicted octanol–water partition coefficient (Wildman–Crippen LogP) is 2.12. The maximum atomic E-state index is 12.6. The number of anilines is 4. The van der Waals surface area contributed by atoms with Gasteiger partial charge in [-0.25, -0.2) is 9.97 Å². The van der Waals surface area contributed by atoms with Gasteiger partial charge in [0.2, 0.25) is 11.8 Å². The Kier molecular flexibility index (Phi) is 6.29. The lowest BCUT2D eigenvalue weighted by Gasteiger charge is -2.33. The third-order valence-corrected chi connectivity index (χ3v) is 7.32. The Hall–Kier alpha value is -3.86. The van der Waals surface area contributed by atoms with Gasteiger partial charge in [-0.2, -0.15) is 5.10 Å². The van der Waals surface area contributed by atoms with Gasteiger partial charge in [0.15, 0.2) is 5.82 Å². The molecule has 3 aromatic rings. The molecule has 0 aliphatic carbocycles. The minimum atomic E-state index is 0.0613. The maximum absolute atomic E-state index is 12.6. The molecular formula is C26H32N8O3. The molecule has 37 heavy (non-hydrogen) atoms. The molecule has 0 spiro atoms. The van der Waals surface area contributed by atoms with Crippen molar-refractivity contribution in [3.63, 3.8) is 0 Å². The highest BCUT2D eigenvalue weighted by molar-refractivity contribution is 5.76. The van der Waals surface area contributed by atoms with Crippen molar-refractivity contribution >= 4 is 28.9 Å². The number of pyridine rings is 2. The summed E-state index contributed by atoms with van der Waals surface area (Å²) in [5.41, 5.74) is 6.80. The second-order valence-corrected chi connectivity index (χ2v) is 9.66. The van der Waals surface area contributed by atoms with Crippen LogP contribution < -0.4 is 20.3 Å². The molecule has 0 saturated carbocycles. The van der Waals surface area contributed by atoms with Crippen LogP contribution in [0.2, 0.25) is 0 Å². The Morgan fingerprint density at radius 1 is 1.11 bits per heavy atom. The summed E-state index contributed by atoms with van der Waals surface area (Å²) in [6.07, 6.45) is 5.55. The second-order valence-electron chi connectivity index (χ2n) is 9.66. The Morgan fingerprint density at radius 3 is 2.92 bits per heavy atom. The van der Waals surface area contributed by atoms with Crippen molar-refractivity contribution in [3.05, 3.63) is 46.9 Å². The molecule has 0 fully saturated rings. The molecule has 194 valence electrons. The number of aromatic nitrogens is 4. The number of rotatable bonds is 6. The van der Waals surface area contributed by atoms with E-state index in [-0.39, 0.29) is 12.5 Å². The number of nitrogens with one attached hydrogen (secondary N) is 2. The minimum absolute atomic E-state index is 0.0613. The highest BCUT2D eigenvalue weighted by atomic mass is 16.5. The second kappa shape index (κ2) is 9.89. The van der Waals surface area contributed by atoms with Crippen molar-refractivity contribution in [2.24, 2.45) is 0 Å². The molecular weight excluding hydrogens is 472 g/mol. The topological polar surface area (TPSA) is 110 Å². The maximum Gasteiger partial charge on any atom is 0.244 e. The van der Waals surface area contributed by atoms with Crippen LogP contribution in [0.3, 0.4) is 0 Å². The number of carbonyl (C=O) groups excluding carboxylic acids is 1. The zero-order valence-corrected chi connectivity index (χ0v) is 21.3. The monoisotopic (exact) mass is 504 g/mol. The van der Waals surface area contributed by atoms with E-state index in [2.05, 4.69) is 43.6 Å². The van der Waals surface area contributed by atoms with Crippen molar-refractivity contribution in [1.82, 2.24) is 24.6 Å². The van der Waals surface area contributed by atoms with Crippen LogP contribution in [0.5, 0.6) is 5.88 Å². The zero-order valence-electron chi connectivity index (χ0n) is 21.3. The molecule has 0 aromatic carbocycles. The van der Waals surface area contributed by atoms with E-state index in [4.69, 9.17) is 9.47 Å². The van der Waals surface area contributed by atoms with E-state index in [1.807, 2.05) is 23.4 Å². The van der Waals surface area contributed by atoms with Gasteiger partial charge in [0.25, 0.3) is 0 Å². The zero-order chi connectivity index (χ0) is 25.4. The fourth-order valence-corrected chi connectivity index (χ4v) is 5.27. The van der Waals surface area contributed by atoms with Gasteiger partial charge < -0.3 is 29.9 Å². The van der Waals surface area contributed by atoms with Gasteiger partial charge in [-0.05, 0) is 30.5 Å². The average Bonchev–Trinajstić information content (AvgIpc) is 3.22. The Labute approximate surface area is 215 Å². The number of nitrogens with zero attached hydrogens (tertiary/aromatic N) is 6. The number of hydrogen-bond donors (Lipinski definition) is 2. The lowest BCUT2D eigenvalue weighted by Crippen LogP contribution is -2.35. The summed E-state index contributed by atoms with van der Waals surface area (Å²) < 4.78 is 12.6. The Bertz CT molecular complexity index is 1320. The van der Waals surface area contributed by atoms with E-state index in [9.17, 15) is 4.79 Å². The van der Waals surface area contributed by atoms with Crippen molar-refractivity contribution in [2.75, 3.05) is 62.0 Å². The molecule has 6 rings (SSSR count). The van der Waals surface area contributed by atoms with Gasteiger partial charge in [0.1, 0.15) is 24.7 Å². The van der Waals surface area contributed by atoms with E-state index in [1.165, 1.54) is 11.1 Å². The van der Waals surface area contributed by atoms with Crippen molar-refractivity contribution in [3.8, 4) is 5.88 Å². The molecule has 3 aliphatic rings. The molecule has 0 atom stereocenters.